The fourth-order valence-electron chi connectivity index (χ4n) is 4.74. The van der Waals surface area contributed by atoms with Crippen LogP contribution in [0.15, 0.2) is 48.1 Å². The van der Waals surface area contributed by atoms with Crippen LogP contribution in [0.4, 0.5) is 11.8 Å². The van der Waals surface area contributed by atoms with Crippen LogP contribution in [-0.4, -0.2) is 37.5 Å². The van der Waals surface area contributed by atoms with Gasteiger partial charge >= 0.3 is 0 Å². The quantitative estimate of drug-likeness (QED) is 0.289. The number of carbonyl (C=O) groups is 1. The first-order valence-electron chi connectivity index (χ1n) is 12.6. The van der Waals surface area contributed by atoms with Crippen molar-refractivity contribution in [2.24, 2.45) is 0 Å². The van der Waals surface area contributed by atoms with Crippen molar-refractivity contribution in [2.75, 3.05) is 10.6 Å². The molecule has 5 rings (SSSR count). The highest BCUT2D eigenvalue weighted by atomic mass is 32.1. The van der Waals surface area contributed by atoms with E-state index >= 15 is 0 Å². The summed E-state index contributed by atoms with van der Waals surface area (Å²) in [6.07, 6.45) is 5.69. The second-order valence-corrected chi connectivity index (χ2v) is 10.7. The van der Waals surface area contributed by atoms with Gasteiger partial charge in [0.05, 0.1) is 6.33 Å². The molecule has 0 radical (unpaired) electrons. The van der Waals surface area contributed by atoms with Crippen molar-refractivity contribution in [3.63, 3.8) is 0 Å². The molecule has 3 N–H and O–H groups in total. The summed E-state index contributed by atoms with van der Waals surface area (Å²) in [5.41, 5.74) is 4.04. The summed E-state index contributed by atoms with van der Waals surface area (Å²) in [5, 5.41) is 12.3. The maximum atomic E-state index is 11.4. The van der Waals surface area contributed by atoms with Gasteiger partial charge in [0.1, 0.15) is 0 Å². The number of rotatable bonds is 8. The van der Waals surface area contributed by atoms with Gasteiger partial charge in [0.15, 0.2) is 17.0 Å². The number of amides is 1. The zero-order valence-corrected chi connectivity index (χ0v) is 21.8. The van der Waals surface area contributed by atoms with Crippen molar-refractivity contribution < 1.29 is 4.79 Å². The Labute approximate surface area is 215 Å². The Bertz CT molecular complexity index is 1320. The van der Waals surface area contributed by atoms with E-state index in [0.29, 0.717) is 12.5 Å². The Balaban J connectivity index is 1.34. The monoisotopic (exact) mass is 503 g/mol. The molecule has 0 saturated heterocycles. The lowest BCUT2D eigenvalue weighted by atomic mass is 9.91. The van der Waals surface area contributed by atoms with E-state index in [1.807, 2.05) is 12.4 Å². The first-order valence-corrected chi connectivity index (χ1v) is 13.5. The number of fused-ring (bicyclic) bond motifs is 1. The average molecular weight is 504 g/mol. The van der Waals surface area contributed by atoms with E-state index in [1.165, 1.54) is 16.0 Å². The van der Waals surface area contributed by atoms with Gasteiger partial charge in [0.2, 0.25) is 11.9 Å². The number of hydrogen-bond donors (Lipinski definition) is 3. The second kappa shape index (κ2) is 10.7. The molecule has 1 aromatic carbocycles. The lowest BCUT2D eigenvalue weighted by Gasteiger charge is -2.29. The summed E-state index contributed by atoms with van der Waals surface area (Å²) in [6, 6.07) is 13.4. The smallest absolute Gasteiger partial charge is 0.227 e. The number of nitrogens with zero attached hydrogens (tertiary/aromatic N) is 4. The first-order chi connectivity index (χ1) is 17.5. The van der Waals surface area contributed by atoms with Gasteiger partial charge in [-0.25, -0.2) is 4.98 Å². The summed E-state index contributed by atoms with van der Waals surface area (Å²) in [4.78, 5) is 27.0. The SMILES string of the molecule is CC(=O)NC1CCC(Nc2nc(NCc3csc(-c4ccccc4)c3)c3ncn(C(C)C)c3n2)CC1. The predicted octanol–water partition coefficient (Wildman–Crippen LogP) is 5.61. The summed E-state index contributed by atoms with van der Waals surface area (Å²) in [5.74, 6) is 1.39. The molecule has 9 heteroatoms. The fourth-order valence-corrected chi connectivity index (χ4v) is 5.66. The molecule has 3 aromatic heterocycles. The molecule has 0 spiro atoms. The van der Waals surface area contributed by atoms with E-state index in [1.54, 1.807) is 18.3 Å². The van der Waals surface area contributed by atoms with Gasteiger partial charge in [-0.1, -0.05) is 30.3 Å². The molecule has 0 unspecified atom stereocenters. The normalized spacial score (nSPS) is 17.9. The zero-order chi connectivity index (χ0) is 25.1. The molecule has 1 amide bonds. The largest absolute Gasteiger partial charge is 0.364 e. The van der Waals surface area contributed by atoms with Crippen LogP contribution in [-0.2, 0) is 11.3 Å². The van der Waals surface area contributed by atoms with Crippen molar-refractivity contribution in [1.29, 1.82) is 0 Å². The van der Waals surface area contributed by atoms with Crippen LogP contribution < -0.4 is 16.0 Å². The van der Waals surface area contributed by atoms with Crippen molar-refractivity contribution in [1.82, 2.24) is 24.8 Å². The number of thiophene rings is 1. The molecule has 1 aliphatic carbocycles. The van der Waals surface area contributed by atoms with Crippen molar-refractivity contribution in [3.05, 3.63) is 53.7 Å². The minimum absolute atomic E-state index is 0.0411. The topological polar surface area (TPSA) is 96.8 Å². The Morgan fingerprint density at radius 2 is 1.86 bits per heavy atom. The van der Waals surface area contributed by atoms with E-state index in [2.05, 4.69) is 75.1 Å². The molecule has 0 aliphatic heterocycles. The third-order valence-electron chi connectivity index (χ3n) is 6.62. The van der Waals surface area contributed by atoms with Crippen LogP contribution in [0.1, 0.15) is 58.1 Å². The van der Waals surface area contributed by atoms with Gasteiger partial charge in [0.25, 0.3) is 0 Å². The number of benzene rings is 1. The molecule has 36 heavy (non-hydrogen) atoms. The lowest BCUT2D eigenvalue weighted by molar-refractivity contribution is -0.119. The molecular formula is C27H33N7OS. The maximum Gasteiger partial charge on any atom is 0.227 e. The Hall–Kier alpha value is -3.46. The average Bonchev–Trinajstić information content (AvgIpc) is 3.52. The molecule has 0 bridgehead atoms. The molecule has 188 valence electrons. The highest BCUT2D eigenvalue weighted by Gasteiger charge is 2.23. The van der Waals surface area contributed by atoms with Crippen LogP contribution in [0.2, 0.25) is 0 Å². The van der Waals surface area contributed by atoms with E-state index in [0.717, 1.165) is 42.7 Å². The summed E-state index contributed by atoms with van der Waals surface area (Å²) >= 11 is 1.75. The number of imidazole rings is 1. The molecule has 4 aromatic rings. The summed E-state index contributed by atoms with van der Waals surface area (Å²) in [7, 11) is 0. The Kier molecular flexibility index (Phi) is 7.18. The third-order valence-corrected chi connectivity index (χ3v) is 7.65. The molecule has 1 saturated carbocycles. The number of aromatic nitrogens is 4. The minimum Gasteiger partial charge on any atom is -0.364 e. The Morgan fingerprint density at radius 1 is 1.11 bits per heavy atom. The standard InChI is InChI=1S/C27H33N7OS/c1-17(2)34-16-29-24-25(28-14-19-13-23(36-15-19)20-7-5-4-6-8-20)32-27(33-26(24)34)31-22-11-9-21(10-12-22)30-18(3)35/h4-8,13,15-17,21-22H,9-12,14H2,1-3H3,(H,30,35)(H2,28,31,32,33). The van der Waals surface area contributed by atoms with E-state index in [4.69, 9.17) is 9.97 Å². The number of nitrogens with one attached hydrogen (secondary N) is 3. The maximum absolute atomic E-state index is 11.4. The molecular weight excluding hydrogens is 470 g/mol. The number of carbonyl (C=O) groups excluding carboxylic acids is 1. The third kappa shape index (κ3) is 5.51. The lowest BCUT2D eigenvalue weighted by Crippen LogP contribution is -2.39. The number of hydrogen-bond acceptors (Lipinski definition) is 7. The van der Waals surface area contributed by atoms with Crippen LogP contribution in [0.25, 0.3) is 21.6 Å². The summed E-state index contributed by atoms with van der Waals surface area (Å²) in [6.45, 7) is 6.50. The first kappa shape index (κ1) is 24.2. The fraction of sp³-hybridized carbons (Fsp3) is 0.407. The molecule has 8 nitrogen and oxygen atoms in total. The van der Waals surface area contributed by atoms with Crippen molar-refractivity contribution in [3.8, 4) is 10.4 Å². The zero-order valence-electron chi connectivity index (χ0n) is 21.0. The highest BCUT2D eigenvalue weighted by molar-refractivity contribution is 7.13. The van der Waals surface area contributed by atoms with E-state index in [-0.39, 0.29) is 24.0 Å². The molecule has 0 atom stereocenters. The van der Waals surface area contributed by atoms with Gasteiger partial charge in [0, 0.05) is 36.5 Å². The van der Waals surface area contributed by atoms with Gasteiger partial charge in [-0.2, -0.15) is 9.97 Å². The van der Waals surface area contributed by atoms with Crippen molar-refractivity contribution >= 4 is 40.2 Å². The van der Waals surface area contributed by atoms with E-state index in [9.17, 15) is 4.79 Å². The predicted molar refractivity (Wildman–Crippen MR) is 146 cm³/mol. The van der Waals surface area contributed by atoms with Gasteiger partial charge in [-0.3, -0.25) is 4.79 Å². The van der Waals surface area contributed by atoms with Crippen molar-refractivity contribution in [2.45, 2.75) is 71.1 Å². The minimum atomic E-state index is 0.0411. The number of anilines is 2. The van der Waals surface area contributed by atoms with Crippen LogP contribution in [0, 0.1) is 0 Å². The van der Waals surface area contributed by atoms with Gasteiger partial charge in [-0.05, 0) is 62.1 Å². The Morgan fingerprint density at radius 3 is 2.58 bits per heavy atom. The molecule has 3 heterocycles. The molecule has 1 fully saturated rings. The second-order valence-electron chi connectivity index (χ2n) is 9.75. The molecule has 1 aliphatic rings. The highest BCUT2D eigenvalue weighted by Crippen LogP contribution is 2.29. The van der Waals surface area contributed by atoms with Crippen LogP contribution in [0.5, 0.6) is 0 Å². The van der Waals surface area contributed by atoms with Gasteiger partial charge < -0.3 is 20.5 Å². The van der Waals surface area contributed by atoms with Gasteiger partial charge in [-0.15, -0.1) is 11.3 Å². The van der Waals surface area contributed by atoms with Crippen LogP contribution >= 0.6 is 11.3 Å². The van der Waals surface area contributed by atoms with Crippen LogP contribution in [0.3, 0.4) is 0 Å². The van der Waals surface area contributed by atoms with E-state index < -0.39 is 0 Å². The summed E-state index contributed by atoms with van der Waals surface area (Å²) < 4.78 is 2.08.